The number of rotatable bonds is 8. The predicted molar refractivity (Wildman–Crippen MR) is 113 cm³/mol. The van der Waals surface area contributed by atoms with Crippen molar-refractivity contribution in [1.29, 1.82) is 0 Å². The predicted octanol–water partition coefficient (Wildman–Crippen LogP) is 5.38. The molecular formula is C23H31NO3. The third kappa shape index (κ3) is 7.18. The van der Waals surface area contributed by atoms with Crippen molar-refractivity contribution >= 4 is 18.1 Å². The van der Waals surface area contributed by atoms with Crippen LogP contribution in [0.25, 0.3) is 12.2 Å². The fraction of sp³-hybridized carbons (Fsp3) is 0.348. The number of allylic oxidation sites excluding steroid dienone is 1. The number of methoxy groups -OCH3 is 1. The summed E-state index contributed by atoms with van der Waals surface area (Å²) in [5.41, 5.74) is 3.30. The zero-order chi connectivity index (χ0) is 20.1. The minimum absolute atomic E-state index is 0.369. The average molecular weight is 370 g/mol. The molecule has 1 heterocycles. The molecule has 4 heteroatoms. The van der Waals surface area contributed by atoms with E-state index in [9.17, 15) is 4.79 Å². The van der Waals surface area contributed by atoms with E-state index >= 15 is 0 Å². The van der Waals surface area contributed by atoms with Gasteiger partial charge in [0.2, 0.25) is 0 Å². The summed E-state index contributed by atoms with van der Waals surface area (Å²) < 4.78 is 12.6. The number of hydrogen-bond acceptors (Lipinski definition) is 3. The Morgan fingerprint density at radius 2 is 1.81 bits per heavy atom. The highest BCUT2D eigenvalue weighted by atomic mass is 16.5. The first-order valence-electron chi connectivity index (χ1n) is 9.47. The molecule has 27 heavy (non-hydrogen) atoms. The summed E-state index contributed by atoms with van der Waals surface area (Å²) in [6.45, 7) is 9.34. The molecule has 0 saturated heterocycles. The molecule has 0 radical (unpaired) electrons. The van der Waals surface area contributed by atoms with Gasteiger partial charge in [0.15, 0.2) is 0 Å². The Bertz CT molecular complexity index is 739. The van der Waals surface area contributed by atoms with Crippen LogP contribution in [-0.4, -0.2) is 24.3 Å². The van der Waals surface area contributed by atoms with Gasteiger partial charge in [0.05, 0.1) is 13.7 Å². The Hall–Kier alpha value is -2.75. The largest absolute Gasteiger partial charge is 0.492 e. The van der Waals surface area contributed by atoms with Crippen LogP contribution in [0.2, 0.25) is 0 Å². The summed E-state index contributed by atoms with van der Waals surface area (Å²) in [4.78, 5) is 11.4. The second-order valence-electron chi connectivity index (χ2n) is 5.55. The molecule has 0 unspecified atom stereocenters. The molecule has 2 aromatic rings. The summed E-state index contributed by atoms with van der Waals surface area (Å²) in [6.07, 6.45) is 10.2. The van der Waals surface area contributed by atoms with Gasteiger partial charge in [0.1, 0.15) is 12.4 Å². The SMILES string of the molecule is C/C=C\c1ccn(CCOc2ccc(CC)cc2)c1/C=C/C(=O)OC.CC. The van der Waals surface area contributed by atoms with Crippen LogP contribution in [0.3, 0.4) is 0 Å². The quantitative estimate of drug-likeness (QED) is 0.464. The average Bonchev–Trinajstić information content (AvgIpc) is 3.10. The summed E-state index contributed by atoms with van der Waals surface area (Å²) in [5, 5.41) is 0. The highest BCUT2D eigenvalue weighted by Gasteiger charge is 2.05. The normalized spacial score (nSPS) is 10.7. The van der Waals surface area contributed by atoms with E-state index in [4.69, 9.17) is 4.74 Å². The standard InChI is InChI=1S/C21H25NO3.C2H6/c1-4-6-18-13-14-22(20(18)11-12-21(23)24-3)15-16-25-19-9-7-17(5-2)8-10-19;1-2/h4,6-14H,5,15-16H2,1-3H3;1-2H3/b6-4-,12-11+;. The lowest BCUT2D eigenvalue weighted by atomic mass is 10.2. The van der Waals surface area contributed by atoms with E-state index in [0.717, 1.165) is 23.4 Å². The van der Waals surface area contributed by atoms with Crippen molar-refractivity contribution in [2.75, 3.05) is 13.7 Å². The summed E-state index contributed by atoms with van der Waals surface area (Å²) >= 11 is 0. The van der Waals surface area contributed by atoms with E-state index < -0.39 is 0 Å². The number of aryl methyl sites for hydroxylation is 1. The van der Waals surface area contributed by atoms with Gasteiger partial charge >= 0.3 is 5.97 Å². The van der Waals surface area contributed by atoms with E-state index in [1.54, 1.807) is 6.08 Å². The van der Waals surface area contributed by atoms with Crippen molar-refractivity contribution in [2.24, 2.45) is 0 Å². The second kappa shape index (κ2) is 12.6. The van der Waals surface area contributed by atoms with Crippen LogP contribution in [-0.2, 0) is 22.5 Å². The smallest absolute Gasteiger partial charge is 0.330 e. The van der Waals surface area contributed by atoms with Crippen molar-refractivity contribution in [3.63, 3.8) is 0 Å². The van der Waals surface area contributed by atoms with Gasteiger partial charge in [-0.3, -0.25) is 0 Å². The first-order chi connectivity index (χ1) is 13.2. The number of carbonyl (C=O) groups is 1. The van der Waals surface area contributed by atoms with Crippen molar-refractivity contribution < 1.29 is 14.3 Å². The van der Waals surface area contributed by atoms with Crippen LogP contribution < -0.4 is 4.74 Å². The maximum Gasteiger partial charge on any atom is 0.330 e. The number of benzene rings is 1. The lowest BCUT2D eigenvalue weighted by Gasteiger charge is -2.10. The van der Waals surface area contributed by atoms with Crippen molar-refractivity contribution in [3.8, 4) is 5.75 Å². The van der Waals surface area contributed by atoms with Crippen molar-refractivity contribution in [1.82, 2.24) is 4.57 Å². The number of ether oxygens (including phenoxy) is 2. The minimum Gasteiger partial charge on any atom is -0.492 e. The fourth-order valence-electron chi connectivity index (χ4n) is 2.51. The molecule has 1 aromatic heterocycles. The van der Waals surface area contributed by atoms with E-state index in [2.05, 4.69) is 28.4 Å². The van der Waals surface area contributed by atoms with Gasteiger partial charge in [-0.2, -0.15) is 0 Å². The lowest BCUT2D eigenvalue weighted by molar-refractivity contribution is -0.134. The number of nitrogens with zero attached hydrogens (tertiary/aromatic N) is 1. The number of hydrogen-bond donors (Lipinski definition) is 0. The Balaban J connectivity index is 0.00000176. The third-order valence-electron chi connectivity index (χ3n) is 3.90. The van der Waals surface area contributed by atoms with Crippen LogP contribution in [0.5, 0.6) is 5.75 Å². The van der Waals surface area contributed by atoms with E-state index in [-0.39, 0.29) is 5.97 Å². The molecule has 0 aliphatic carbocycles. The molecule has 0 bridgehead atoms. The van der Waals surface area contributed by atoms with Crippen LogP contribution in [0.1, 0.15) is 44.5 Å². The van der Waals surface area contributed by atoms with Gasteiger partial charge < -0.3 is 14.0 Å². The molecule has 0 fully saturated rings. The van der Waals surface area contributed by atoms with E-state index in [1.165, 1.54) is 18.7 Å². The molecule has 4 nitrogen and oxygen atoms in total. The molecule has 0 atom stereocenters. The van der Waals surface area contributed by atoms with Gasteiger partial charge in [0, 0.05) is 18.0 Å². The Morgan fingerprint density at radius 1 is 1.11 bits per heavy atom. The summed E-state index contributed by atoms with van der Waals surface area (Å²) in [6, 6.07) is 10.2. The van der Waals surface area contributed by atoms with Crippen LogP contribution in [0, 0.1) is 0 Å². The van der Waals surface area contributed by atoms with Crippen LogP contribution >= 0.6 is 0 Å². The molecule has 0 aliphatic heterocycles. The van der Waals surface area contributed by atoms with Crippen LogP contribution in [0.4, 0.5) is 0 Å². The molecule has 2 rings (SSSR count). The molecule has 0 N–H and O–H groups in total. The summed E-state index contributed by atoms with van der Waals surface area (Å²) in [5.74, 6) is 0.496. The van der Waals surface area contributed by atoms with E-state index in [0.29, 0.717) is 13.2 Å². The molecule has 0 saturated carbocycles. The van der Waals surface area contributed by atoms with Crippen molar-refractivity contribution in [3.05, 3.63) is 65.5 Å². The highest BCUT2D eigenvalue weighted by molar-refractivity contribution is 5.87. The van der Waals surface area contributed by atoms with Gasteiger partial charge in [-0.25, -0.2) is 4.79 Å². The number of carbonyl (C=O) groups excluding carboxylic acids is 1. The zero-order valence-corrected chi connectivity index (χ0v) is 17.1. The summed E-state index contributed by atoms with van der Waals surface area (Å²) in [7, 11) is 1.37. The fourth-order valence-corrected chi connectivity index (χ4v) is 2.51. The molecular weight excluding hydrogens is 338 g/mol. The molecule has 0 aliphatic rings. The number of esters is 1. The first-order valence-corrected chi connectivity index (χ1v) is 9.47. The zero-order valence-electron chi connectivity index (χ0n) is 17.1. The highest BCUT2D eigenvalue weighted by Crippen LogP contribution is 2.17. The molecule has 146 valence electrons. The third-order valence-corrected chi connectivity index (χ3v) is 3.90. The maximum absolute atomic E-state index is 11.4. The maximum atomic E-state index is 11.4. The minimum atomic E-state index is -0.369. The van der Waals surface area contributed by atoms with Gasteiger partial charge in [-0.15, -0.1) is 0 Å². The van der Waals surface area contributed by atoms with Crippen LogP contribution in [0.15, 0.2) is 48.7 Å². The van der Waals surface area contributed by atoms with Gasteiger partial charge in [0.25, 0.3) is 0 Å². The molecule has 1 aromatic carbocycles. The van der Waals surface area contributed by atoms with Crippen molar-refractivity contribution in [2.45, 2.75) is 40.7 Å². The van der Waals surface area contributed by atoms with Gasteiger partial charge in [-0.05, 0) is 48.7 Å². The lowest BCUT2D eigenvalue weighted by Crippen LogP contribution is -2.09. The Morgan fingerprint density at radius 3 is 2.41 bits per heavy atom. The molecule has 0 spiro atoms. The Kier molecular flexibility index (Phi) is 10.4. The number of aromatic nitrogens is 1. The first kappa shape index (κ1) is 22.3. The second-order valence-corrected chi connectivity index (χ2v) is 5.55. The monoisotopic (exact) mass is 369 g/mol. The van der Waals surface area contributed by atoms with E-state index in [1.807, 2.05) is 57.3 Å². The Labute approximate surface area is 163 Å². The van der Waals surface area contributed by atoms with Gasteiger partial charge in [-0.1, -0.05) is 45.1 Å². The molecule has 0 amide bonds. The topological polar surface area (TPSA) is 40.5 Å².